The Bertz CT molecular complexity index is 210. The van der Waals surface area contributed by atoms with Gasteiger partial charge in [-0.05, 0) is 47.8 Å². The number of hydrogen-bond donors (Lipinski definition) is 0. The molecule has 3 unspecified atom stereocenters. The molecule has 0 heterocycles. The molecule has 0 spiro atoms. The maximum atomic E-state index is 2.49. The molecule has 0 amide bonds. The van der Waals surface area contributed by atoms with Crippen LogP contribution in [0.4, 0.5) is 0 Å². The molecule has 0 aliphatic rings. The lowest BCUT2D eigenvalue weighted by molar-refractivity contribution is 0.0163. The quantitative estimate of drug-likeness (QED) is 0.539. The van der Waals surface area contributed by atoms with Gasteiger partial charge in [-0.3, -0.25) is 0 Å². The highest BCUT2D eigenvalue weighted by Crippen LogP contribution is 2.49. The van der Waals surface area contributed by atoms with Gasteiger partial charge in [-0.15, -0.1) is 8.58 Å². The fraction of sp³-hybridized carbons (Fsp3) is 1.00. The summed E-state index contributed by atoms with van der Waals surface area (Å²) in [6.45, 7) is 21.8. The first-order chi connectivity index (χ1) is 7.54. The lowest BCUT2D eigenvalue weighted by atomic mass is 9.58. The Morgan fingerprint density at radius 3 is 1.71 bits per heavy atom. The predicted molar refractivity (Wildman–Crippen MR) is 84.5 cm³/mol. The van der Waals surface area contributed by atoms with Gasteiger partial charge in [0.1, 0.15) is 0 Å². The zero-order chi connectivity index (χ0) is 13.9. The molecule has 0 aliphatic heterocycles. The molecule has 0 saturated carbocycles. The first kappa shape index (κ1) is 17.4. The monoisotopic (exact) mass is 258 g/mol. The van der Waals surface area contributed by atoms with Crippen molar-refractivity contribution in [3.8, 4) is 0 Å². The maximum Gasteiger partial charge on any atom is -0.0286 e. The molecule has 104 valence electrons. The van der Waals surface area contributed by atoms with Crippen molar-refractivity contribution in [2.45, 2.75) is 61.8 Å². The van der Waals surface area contributed by atoms with Gasteiger partial charge < -0.3 is 0 Å². The summed E-state index contributed by atoms with van der Waals surface area (Å²) < 4.78 is 0. The summed E-state index contributed by atoms with van der Waals surface area (Å²) in [6, 6.07) is 0. The molecule has 1 heteroatoms. The second-order valence-electron chi connectivity index (χ2n) is 7.79. The van der Waals surface area contributed by atoms with Crippen molar-refractivity contribution in [3.63, 3.8) is 0 Å². The number of hydrogen-bond acceptors (Lipinski definition) is 0. The topological polar surface area (TPSA) is 0 Å². The van der Waals surface area contributed by atoms with Crippen LogP contribution in [0.1, 0.15) is 61.8 Å². The van der Waals surface area contributed by atoms with Gasteiger partial charge in [0.25, 0.3) is 0 Å². The van der Waals surface area contributed by atoms with E-state index in [4.69, 9.17) is 0 Å². The average Bonchev–Trinajstić information content (AvgIpc) is 2.11. The van der Waals surface area contributed by atoms with Crippen molar-refractivity contribution < 1.29 is 0 Å². The van der Waals surface area contributed by atoms with Crippen molar-refractivity contribution in [1.82, 2.24) is 0 Å². The molecule has 0 aliphatic carbocycles. The van der Waals surface area contributed by atoms with Gasteiger partial charge in [0.05, 0.1) is 0 Å². The van der Waals surface area contributed by atoms with E-state index in [0.717, 1.165) is 26.3 Å². The Hall–Kier alpha value is 0.430. The van der Waals surface area contributed by atoms with E-state index in [1.807, 2.05) is 0 Å². The highest BCUT2D eigenvalue weighted by molar-refractivity contribution is 7.36. The molecule has 0 radical (unpaired) electrons. The third kappa shape index (κ3) is 5.29. The normalized spacial score (nSPS) is 18.0. The lowest BCUT2D eigenvalue weighted by Gasteiger charge is -2.48. The Labute approximate surface area is 112 Å². The first-order valence-electron chi connectivity index (χ1n) is 7.18. The molecule has 0 rings (SSSR count). The van der Waals surface area contributed by atoms with E-state index in [9.17, 15) is 0 Å². The summed E-state index contributed by atoms with van der Waals surface area (Å²) in [5, 5.41) is 0. The maximum absolute atomic E-state index is 2.49. The molecular weight excluding hydrogens is 223 g/mol. The average molecular weight is 258 g/mol. The predicted octanol–water partition coefficient (Wildman–Crippen LogP) is 5.67. The second-order valence-corrected chi connectivity index (χ2v) is 9.00. The van der Waals surface area contributed by atoms with Gasteiger partial charge in [0.2, 0.25) is 0 Å². The largest absolute Gasteiger partial charge is 0.125 e. The SMILES string of the molecule is CPCCC(C)(C)C(C(C)C(C)C)C(C)(C)C. The molecule has 0 aromatic carbocycles. The van der Waals surface area contributed by atoms with Gasteiger partial charge in [-0.2, -0.15) is 0 Å². The molecule has 0 saturated heterocycles. The van der Waals surface area contributed by atoms with Gasteiger partial charge >= 0.3 is 0 Å². The Morgan fingerprint density at radius 1 is 0.941 bits per heavy atom. The molecule has 0 aromatic rings. The number of rotatable bonds is 6. The van der Waals surface area contributed by atoms with Crippen LogP contribution < -0.4 is 0 Å². The summed E-state index contributed by atoms with van der Waals surface area (Å²) in [7, 11) is 1.10. The van der Waals surface area contributed by atoms with Crippen molar-refractivity contribution in [3.05, 3.63) is 0 Å². The fourth-order valence-electron chi connectivity index (χ4n) is 3.66. The fourth-order valence-corrected chi connectivity index (χ4v) is 4.55. The standard InChI is InChI=1S/C16H35P/c1-12(2)13(3)14(15(4,5)6)16(7,8)10-11-17-9/h12-14,17H,10-11H2,1-9H3. The van der Waals surface area contributed by atoms with E-state index in [-0.39, 0.29) is 0 Å². The summed E-state index contributed by atoms with van der Waals surface area (Å²) in [4.78, 5) is 0. The first-order valence-corrected chi connectivity index (χ1v) is 8.89. The van der Waals surface area contributed by atoms with Crippen LogP contribution in [-0.4, -0.2) is 12.8 Å². The molecule has 0 bridgehead atoms. The van der Waals surface area contributed by atoms with Crippen molar-refractivity contribution >= 4 is 8.58 Å². The molecule has 17 heavy (non-hydrogen) atoms. The minimum atomic E-state index is 0.407. The van der Waals surface area contributed by atoms with Crippen LogP contribution in [0.25, 0.3) is 0 Å². The Morgan fingerprint density at radius 2 is 1.41 bits per heavy atom. The summed E-state index contributed by atoms with van der Waals surface area (Å²) in [5.74, 6) is 2.37. The van der Waals surface area contributed by atoms with Gasteiger partial charge in [-0.25, -0.2) is 0 Å². The van der Waals surface area contributed by atoms with E-state index in [2.05, 4.69) is 62.1 Å². The van der Waals surface area contributed by atoms with E-state index in [0.29, 0.717) is 10.8 Å². The summed E-state index contributed by atoms with van der Waals surface area (Å²) >= 11 is 0. The van der Waals surface area contributed by atoms with Gasteiger partial charge in [-0.1, -0.05) is 55.4 Å². The van der Waals surface area contributed by atoms with Gasteiger partial charge in [0, 0.05) is 0 Å². The molecule has 0 aromatic heterocycles. The van der Waals surface area contributed by atoms with E-state index in [1.54, 1.807) is 0 Å². The molecular formula is C16H35P. The summed E-state index contributed by atoms with van der Waals surface area (Å²) in [6.07, 6.45) is 2.77. The third-order valence-electron chi connectivity index (χ3n) is 4.37. The van der Waals surface area contributed by atoms with Crippen LogP contribution in [0.5, 0.6) is 0 Å². The smallest absolute Gasteiger partial charge is 0.0286 e. The van der Waals surface area contributed by atoms with E-state index in [1.165, 1.54) is 12.6 Å². The zero-order valence-electron chi connectivity index (χ0n) is 13.6. The van der Waals surface area contributed by atoms with Crippen molar-refractivity contribution in [1.29, 1.82) is 0 Å². The zero-order valence-corrected chi connectivity index (χ0v) is 14.6. The van der Waals surface area contributed by atoms with E-state index >= 15 is 0 Å². The Kier molecular flexibility index (Phi) is 6.72. The molecule has 3 atom stereocenters. The second kappa shape index (κ2) is 6.55. The molecule has 0 nitrogen and oxygen atoms in total. The highest BCUT2D eigenvalue weighted by atomic mass is 31.1. The van der Waals surface area contributed by atoms with Crippen LogP contribution in [0.15, 0.2) is 0 Å². The summed E-state index contributed by atoms with van der Waals surface area (Å²) in [5.41, 5.74) is 0.870. The molecule has 0 N–H and O–H groups in total. The van der Waals surface area contributed by atoms with Crippen LogP contribution in [0, 0.1) is 28.6 Å². The Balaban J connectivity index is 5.04. The van der Waals surface area contributed by atoms with Gasteiger partial charge in [0.15, 0.2) is 0 Å². The molecule has 0 fully saturated rings. The van der Waals surface area contributed by atoms with Crippen LogP contribution in [0.2, 0.25) is 0 Å². The minimum absolute atomic E-state index is 0.407. The van der Waals surface area contributed by atoms with Crippen molar-refractivity contribution in [2.75, 3.05) is 12.8 Å². The lowest BCUT2D eigenvalue weighted by Crippen LogP contribution is -2.41. The van der Waals surface area contributed by atoms with E-state index < -0.39 is 0 Å². The third-order valence-corrected chi connectivity index (χ3v) is 5.12. The highest BCUT2D eigenvalue weighted by Gasteiger charge is 2.41. The van der Waals surface area contributed by atoms with Crippen LogP contribution >= 0.6 is 8.58 Å². The van der Waals surface area contributed by atoms with Crippen LogP contribution in [0.3, 0.4) is 0 Å². The van der Waals surface area contributed by atoms with Crippen molar-refractivity contribution in [2.24, 2.45) is 28.6 Å². The van der Waals surface area contributed by atoms with Crippen LogP contribution in [-0.2, 0) is 0 Å². The minimum Gasteiger partial charge on any atom is -0.125 e.